The van der Waals surface area contributed by atoms with Crippen molar-refractivity contribution in [1.29, 1.82) is 0 Å². The average molecular weight is 286 g/mol. The molecule has 2 heteroatoms. The molecule has 1 spiro atoms. The van der Waals surface area contributed by atoms with E-state index >= 15 is 0 Å². The molecule has 0 amide bonds. The van der Waals surface area contributed by atoms with Crippen molar-refractivity contribution in [2.45, 2.75) is 64.5 Å². The molecule has 1 aromatic rings. The van der Waals surface area contributed by atoms with Gasteiger partial charge in [0.15, 0.2) is 0 Å². The number of nitrogens with one attached hydrogen (secondary N) is 1. The molecule has 1 saturated carbocycles. The summed E-state index contributed by atoms with van der Waals surface area (Å²) in [6, 6.07) is 6.88. The predicted octanol–water partition coefficient (Wildman–Crippen LogP) is 3.80. The Labute approximate surface area is 129 Å². The van der Waals surface area contributed by atoms with Crippen LogP contribution in [0.3, 0.4) is 0 Å². The first-order valence-corrected chi connectivity index (χ1v) is 8.70. The quantitative estimate of drug-likeness (QED) is 0.889. The van der Waals surface area contributed by atoms with Gasteiger partial charge in [0.05, 0.1) is 0 Å². The summed E-state index contributed by atoms with van der Waals surface area (Å²) in [6.45, 7) is 9.25. The van der Waals surface area contributed by atoms with E-state index in [4.69, 9.17) is 0 Å². The summed E-state index contributed by atoms with van der Waals surface area (Å²) in [4.78, 5) is 2.70. The molecule has 2 aliphatic rings. The summed E-state index contributed by atoms with van der Waals surface area (Å²) >= 11 is 0. The minimum atomic E-state index is 0.409. The monoisotopic (exact) mass is 286 g/mol. The van der Waals surface area contributed by atoms with E-state index in [0.717, 1.165) is 6.54 Å². The average Bonchev–Trinajstić information content (AvgIpc) is 2.66. The third kappa shape index (κ3) is 3.67. The molecule has 1 aliphatic carbocycles. The second-order valence-electron chi connectivity index (χ2n) is 7.26. The van der Waals surface area contributed by atoms with Gasteiger partial charge in [0.25, 0.3) is 0 Å². The zero-order chi connectivity index (χ0) is 14.7. The van der Waals surface area contributed by atoms with Crippen LogP contribution in [0, 0.1) is 13.8 Å². The molecule has 116 valence electrons. The summed E-state index contributed by atoms with van der Waals surface area (Å²) < 4.78 is 0. The molecule has 21 heavy (non-hydrogen) atoms. The Morgan fingerprint density at radius 1 is 1.10 bits per heavy atom. The van der Waals surface area contributed by atoms with Gasteiger partial charge in [-0.3, -0.25) is 4.90 Å². The van der Waals surface area contributed by atoms with Crippen molar-refractivity contribution in [1.82, 2.24) is 10.2 Å². The van der Waals surface area contributed by atoms with Gasteiger partial charge in [0, 0.05) is 18.6 Å². The number of rotatable bonds is 2. The Balaban J connectivity index is 1.73. The maximum absolute atomic E-state index is 3.90. The van der Waals surface area contributed by atoms with E-state index in [2.05, 4.69) is 42.3 Å². The fourth-order valence-corrected chi connectivity index (χ4v) is 4.13. The van der Waals surface area contributed by atoms with Crippen molar-refractivity contribution >= 4 is 0 Å². The van der Waals surface area contributed by atoms with Crippen molar-refractivity contribution in [2.75, 3.05) is 19.6 Å². The van der Waals surface area contributed by atoms with Gasteiger partial charge in [-0.2, -0.15) is 0 Å². The highest BCUT2D eigenvalue weighted by atomic mass is 15.2. The van der Waals surface area contributed by atoms with Gasteiger partial charge in [-0.1, -0.05) is 43.0 Å². The first-order valence-electron chi connectivity index (χ1n) is 8.70. The van der Waals surface area contributed by atoms with Crippen LogP contribution in [-0.2, 0) is 6.54 Å². The number of benzene rings is 1. The van der Waals surface area contributed by atoms with Crippen molar-refractivity contribution in [3.8, 4) is 0 Å². The second kappa shape index (κ2) is 6.50. The van der Waals surface area contributed by atoms with Crippen LogP contribution in [0.1, 0.15) is 55.2 Å². The maximum atomic E-state index is 3.90. The number of nitrogens with zero attached hydrogens (tertiary/aromatic N) is 1. The molecule has 0 bridgehead atoms. The number of hydrogen-bond donors (Lipinski definition) is 1. The van der Waals surface area contributed by atoms with Crippen LogP contribution in [0.4, 0.5) is 0 Å². The second-order valence-corrected chi connectivity index (χ2v) is 7.26. The lowest BCUT2D eigenvalue weighted by Gasteiger charge is -2.40. The van der Waals surface area contributed by atoms with Crippen molar-refractivity contribution in [3.63, 3.8) is 0 Å². The van der Waals surface area contributed by atoms with Crippen LogP contribution < -0.4 is 5.32 Å². The van der Waals surface area contributed by atoms with Gasteiger partial charge >= 0.3 is 0 Å². The molecular weight excluding hydrogens is 256 g/mol. The van der Waals surface area contributed by atoms with Gasteiger partial charge in [0.1, 0.15) is 0 Å². The van der Waals surface area contributed by atoms with Crippen LogP contribution >= 0.6 is 0 Å². The lowest BCUT2D eigenvalue weighted by atomic mass is 9.81. The maximum Gasteiger partial charge on any atom is 0.0308 e. The summed E-state index contributed by atoms with van der Waals surface area (Å²) in [5, 5.41) is 3.90. The van der Waals surface area contributed by atoms with Crippen molar-refractivity contribution < 1.29 is 0 Å². The molecular formula is C19H30N2. The molecule has 1 N–H and O–H groups in total. The molecule has 3 rings (SSSR count). The Bertz CT molecular complexity index is 474. The van der Waals surface area contributed by atoms with E-state index in [1.807, 2.05) is 0 Å². The van der Waals surface area contributed by atoms with Gasteiger partial charge in [-0.05, 0) is 57.3 Å². The summed E-state index contributed by atoms with van der Waals surface area (Å²) in [5.41, 5.74) is 4.75. The SMILES string of the molecule is Cc1ccc(C)c(CN2CCCNC3(CCCCC3)C2)c1. The third-order valence-electron chi connectivity index (χ3n) is 5.39. The van der Waals surface area contributed by atoms with Gasteiger partial charge in [0.2, 0.25) is 0 Å². The molecule has 1 aliphatic heterocycles. The first-order chi connectivity index (χ1) is 10.2. The highest BCUT2D eigenvalue weighted by Gasteiger charge is 2.34. The van der Waals surface area contributed by atoms with Crippen molar-refractivity contribution in [2.24, 2.45) is 0 Å². The van der Waals surface area contributed by atoms with E-state index in [9.17, 15) is 0 Å². The fourth-order valence-electron chi connectivity index (χ4n) is 4.13. The standard InChI is InChI=1S/C19H30N2/c1-16-7-8-17(2)18(13-16)14-21-12-6-11-20-19(15-21)9-4-3-5-10-19/h7-8,13,20H,3-6,9-12,14-15H2,1-2H3. The Hall–Kier alpha value is -0.860. The van der Waals surface area contributed by atoms with E-state index < -0.39 is 0 Å². The van der Waals surface area contributed by atoms with Gasteiger partial charge in [-0.15, -0.1) is 0 Å². The molecule has 0 unspecified atom stereocenters. The molecule has 0 radical (unpaired) electrons. The molecule has 2 fully saturated rings. The lowest BCUT2D eigenvalue weighted by molar-refractivity contribution is 0.159. The Morgan fingerprint density at radius 3 is 2.71 bits per heavy atom. The molecule has 1 heterocycles. The molecule has 2 nitrogen and oxygen atoms in total. The minimum Gasteiger partial charge on any atom is -0.310 e. The third-order valence-corrected chi connectivity index (χ3v) is 5.39. The zero-order valence-corrected chi connectivity index (χ0v) is 13.8. The summed E-state index contributed by atoms with van der Waals surface area (Å²) in [7, 11) is 0. The summed E-state index contributed by atoms with van der Waals surface area (Å²) in [5.74, 6) is 0. The fraction of sp³-hybridized carbons (Fsp3) is 0.684. The Kier molecular flexibility index (Phi) is 4.66. The first kappa shape index (κ1) is 15.1. The molecule has 1 saturated heterocycles. The highest BCUT2D eigenvalue weighted by Crippen LogP contribution is 2.31. The number of aryl methyl sites for hydroxylation is 2. The van der Waals surface area contributed by atoms with Crippen LogP contribution in [0.15, 0.2) is 18.2 Å². The largest absolute Gasteiger partial charge is 0.310 e. The van der Waals surface area contributed by atoms with E-state index in [-0.39, 0.29) is 0 Å². The van der Waals surface area contributed by atoms with Crippen LogP contribution in [-0.4, -0.2) is 30.1 Å². The van der Waals surface area contributed by atoms with Gasteiger partial charge < -0.3 is 5.32 Å². The smallest absolute Gasteiger partial charge is 0.0308 e. The Morgan fingerprint density at radius 2 is 1.90 bits per heavy atom. The normalized spacial score (nSPS) is 23.1. The summed E-state index contributed by atoms with van der Waals surface area (Å²) in [6.07, 6.45) is 8.27. The van der Waals surface area contributed by atoms with E-state index in [1.54, 1.807) is 0 Å². The topological polar surface area (TPSA) is 15.3 Å². The minimum absolute atomic E-state index is 0.409. The van der Waals surface area contributed by atoms with Crippen LogP contribution in [0.5, 0.6) is 0 Å². The molecule has 1 aromatic carbocycles. The number of hydrogen-bond acceptors (Lipinski definition) is 2. The van der Waals surface area contributed by atoms with Gasteiger partial charge in [-0.25, -0.2) is 0 Å². The molecule has 0 atom stereocenters. The zero-order valence-electron chi connectivity index (χ0n) is 13.8. The molecule has 0 aromatic heterocycles. The highest BCUT2D eigenvalue weighted by molar-refractivity contribution is 5.30. The van der Waals surface area contributed by atoms with E-state index in [1.165, 1.54) is 74.8 Å². The van der Waals surface area contributed by atoms with E-state index in [0.29, 0.717) is 5.54 Å². The lowest BCUT2D eigenvalue weighted by Crippen LogP contribution is -2.52. The van der Waals surface area contributed by atoms with Crippen LogP contribution in [0.2, 0.25) is 0 Å². The van der Waals surface area contributed by atoms with Crippen molar-refractivity contribution in [3.05, 3.63) is 34.9 Å². The van der Waals surface area contributed by atoms with Crippen LogP contribution in [0.25, 0.3) is 0 Å². The predicted molar refractivity (Wildman–Crippen MR) is 89.6 cm³/mol.